The van der Waals surface area contributed by atoms with Crippen LogP contribution in [0.25, 0.3) is 0 Å². The van der Waals surface area contributed by atoms with E-state index in [-0.39, 0.29) is 22.6 Å². The first-order chi connectivity index (χ1) is 3.06. The predicted octanol–water partition coefficient (Wildman–Crippen LogP) is 1.52. The smallest absolute Gasteiger partial charge is 0.00969 e. The quantitative estimate of drug-likeness (QED) is 0.616. The van der Waals surface area contributed by atoms with E-state index in [4.69, 9.17) is 5.73 Å². The molecule has 0 aromatic carbocycles. The molecule has 1 radical (unpaired) electrons. The molecule has 0 aliphatic rings. The summed E-state index contributed by atoms with van der Waals surface area (Å²) in [4.78, 5) is 0. The van der Waals surface area contributed by atoms with Gasteiger partial charge in [-0.15, -0.1) is 0 Å². The van der Waals surface area contributed by atoms with Crippen LogP contribution in [0.15, 0.2) is 0 Å². The molecular weight excluding hydrogens is 150 g/mol. The second-order valence-electron chi connectivity index (χ2n) is 2.74. The van der Waals surface area contributed by atoms with Crippen LogP contribution in [0.3, 0.4) is 0 Å². The van der Waals surface area contributed by atoms with Gasteiger partial charge in [-0.25, -0.2) is 0 Å². The molecule has 8 heavy (non-hydrogen) atoms. The monoisotopic (exact) mass is 164 g/mol. The van der Waals surface area contributed by atoms with Gasteiger partial charge in [-0.3, -0.25) is 0 Å². The van der Waals surface area contributed by atoms with E-state index >= 15 is 0 Å². The molecular formula is C6H15CuN. The van der Waals surface area contributed by atoms with Gasteiger partial charge in [0.1, 0.15) is 0 Å². The molecule has 0 saturated heterocycles. The van der Waals surface area contributed by atoms with Gasteiger partial charge in [0, 0.05) is 22.6 Å². The topological polar surface area (TPSA) is 26.0 Å². The molecule has 0 aliphatic carbocycles. The Morgan fingerprint density at radius 1 is 1.38 bits per heavy atom. The molecule has 0 heterocycles. The molecule has 0 aromatic heterocycles. The van der Waals surface area contributed by atoms with E-state index in [0.717, 1.165) is 6.42 Å². The van der Waals surface area contributed by atoms with Crippen molar-refractivity contribution >= 4 is 0 Å². The second kappa shape index (κ2) is 4.37. The van der Waals surface area contributed by atoms with Gasteiger partial charge in [0.05, 0.1) is 0 Å². The van der Waals surface area contributed by atoms with Crippen molar-refractivity contribution in [2.45, 2.75) is 39.2 Å². The Balaban J connectivity index is 0. The Morgan fingerprint density at radius 3 is 1.75 bits per heavy atom. The molecule has 0 spiro atoms. The molecule has 0 saturated carbocycles. The molecule has 0 fully saturated rings. The van der Waals surface area contributed by atoms with Gasteiger partial charge >= 0.3 is 0 Å². The van der Waals surface area contributed by atoms with Gasteiger partial charge in [-0.1, -0.05) is 13.3 Å². The summed E-state index contributed by atoms with van der Waals surface area (Å²) in [6.07, 6.45) is 2.30. The zero-order chi connectivity index (χ0) is 5.91. The van der Waals surface area contributed by atoms with E-state index in [9.17, 15) is 0 Å². The summed E-state index contributed by atoms with van der Waals surface area (Å²) in [5.74, 6) is 0. The Morgan fingerprint density at radius 2 is 1.75 bits per heavy atom. The largest absolute Gasteiger partial charge is 0.326 e. The van der Waals surface area contributed by atoms with Crippen LogP contribution in [0, 0.1) is 0 Å². The molecule has 0 atom stereocenters. The summed E-state index contributed by atoms with van der Waals surface area (Å²) < 4.78 is 0. The SMILES string of the molecule is CCCC(C)(C)N.[Cu]. The van der Waals surface area contributed by atoms with Crippen LogP contribution in [0.5, 0.6) is 0 Å². The van der Waals surface area contributed by atoms with Crippen LogP contribution in [-0.4, -0.2) is 5.54 Å². The van der Waals surface area contributed by atoms with Crippen molar-refractivity contribution in [3.05, 3.63) is 0 Å². The number of rotatable bonds is 2. The summed E-state index contributed by atoms with van der Waals surface area (Å²) in [7, 11) is 0. The molecule has 2 N–H and O–H groups in total. The summed E-state index contributed by atoms with van der Waals surface area (Å²) in [5, 5.41) is 0. The third kappa shape index (κ3) is 9.70. The summed E-state index contributed by atoms with van der Waals surface area (Å²) in [6, 6.07) is 0. The van der Waals surface area contributed by atoms with Gasteiger partial charge < -0.3 is 5.73 Å². The van der Waals surface area contributed by atoms with Gasteiger partial charge in [0.15, 0.2) is 0 Å². The van der Waals surface area contributed by atoms with Crippen molar-refractivity contribution in [3.8, 4) is 0 Å². The maximum Gasteiger partial charge on any atom is 0.00969 e. The standard InChI is InChI=1S/C6H15N.Cu/c1-4-5-6(2,3)7;/h4-5,7H2,1-3H3;. The first kappa shape index (κ1) is 11.3. The van der Waals surface area contributed by atoms with Crippen LogP contribution in [0.1, 0.15) is 33.6 Å². The van der Waals surface area contributed by atoms with E-state index in [1.54, 1.807) is 0 Å². The summed E-state index contributed by atoms with van der Waals surface area (Å²) in [5.41, 5.74) is 5.70. The van der Waals surface area contributed by atoms with Crippen molar-refractivity contribution in [3.63, 3.8) is 0 Å². The Hall–Kier alpha value is 0.479. The number of nitrogens with two attached hydrogens (primary N) is 1. The fourth-order valence-corrected chi connectivity index (χ4v) is 0.644. The molecule has 0 unspecified atom stereocenters. The summed E-state index contributed by atoms with van der Waals surface area (Å²) in [6.45, 7) is 6.25. The minimum absolute atomic E-state index is 0. The van der Waals surface area contributed by atoms with Crippen molar-refractivity contribution in [1.82, 2.24) is 0 Å². The molecule has 2 heteroatoms. The van der Waals surface area contributed by atoms with Crippen LogP contribution in [0.2, 0.25) is 0 Å². The number of hydrogen-bond acceptors (Lipinski definition) is 1. The summed E-state index contributed by atoms with van der Waals surface area (Å²) >= 11 is 0. The first-order valence-corrected chi connectivity index (χ1v) is 2.85. The molecule has 0 rings (SSSR count). The van der Waals surface area contributed by atoms with E-state index in [2.05, 4.69) is 20.8 Å². The maximum atomic E-state index is 5.65. The first-order valence-electron chi connectivity index (χ1n) is 2.85. The van der Waals surface area contributed by atoms with Crippen molar-refractivity contribution in [2.75, 3.05) is 0 Å². The third-order valence-corrected chi connectivity index (χ3v) is 0.894. The number of hydrogen-bond donors (Lipinski definition) is 1. The molecule has 0 aliphatic heterocycles. The van der Waals surface area contributed by atoms with Gasteiger partial charge in [-0.2, -0.15) is 0 Å². The zero-order valence-corrected chi connectivity index (χ0v) is 6.73. The Labute approximate surface area is 62.5 Å². The normalized spacial score (nSPS) is 10.5. The minimum atomic E-state index is 0. The average molecular weight is 165 g/mol. The predicted molar refractivity (Wildman–Crippen MR) is 33.2 cm³/mol. The van der Waals surface area contributed by atoms with Crippen molar-refractivity contribution < 1.29 is 17.1 Å². The second-order valence-corrected chi connectivity index (χ2v) is 2.74. The third-order valence-electron chi connectivity index (χ3n) is 0.894. The van der Waals surface area contributed by atoms with Crippen LogP contribution >= 0.6 is 0 Å². The average Bonchev–Trinajstić information content (AvgIpc) is 1.30. The van der Waals surface area contributed by atoms with Crippen LogP contribution in [0.4, 0.5) is 0 Å². The van der Waals surface area contributed by atoms with E-state index < -0.39 is 0 Å². The van der Waals surface area contributed by atoms with Crippen molar-refractivity contribution in [2.24, 2.45) is 5.73 Å². The zero-order valence-electron chi connectivity index (χ0n) is 5.79. The van der Waals surface area contributed by atoms with Gasteiger partial charge in [0.25, 0.3) is 0 Å². The maximum absolute atomic E-state index is 5.65. The fraction of sp³-hybridized carbons (Fsp3) is 1.00. The minimum Gasteiger partial charge on any atom is -0.326 e. The molecule has 0 bridgehead atoms. The molecule has 55 valence electrons. The van der Waals surface area contributed by atoms with E-state index in [1.165, 1.54) is 6.42 Å². The van der Waals surface area contributed by atoms with E-state index in [1.807, 2.05) is 0 Å². The van der Waals surface area contributed by atoms with Gasteiger partial charge in [0.2, 0.25) is 0 Å². The van der Waals surface area contributed by atoms with Crippen LogP contribution < -0.4 is 5.73 Å². The van der Waals surface area contributed by atoms with Crippen molar-refractivity contribution in [1.29, 1.82) is 0 Å². The Bertz CT molecular complexity index is 47.0. The van der Waals surface area contributed by atoms with E-state index in [0.29, 0.717) is 0 Å². The molecule has 0 aromatic rings. The Kier molecular flexibility index (Phi) is 6.17. The molecule has 0 amide bonds. The van der Waals surface area contributed by atoms with Crippen LogP contribution in [-0.2, 0) is 17.1 Å². The van der Waals surface area contributed by atoms with Gasteiger partial charge in [-0.05, 0) is 20.3 Å². The fourth-order valence-electron chi connectivity index (χ4n) is 0.644. The molecule has 1 nitrogen and oxygen atoms in total.